The van der Waals surface area contributed by atoms with Crippen molar-refractivity contribution in [3.05, 3.63) is 63.5 Å². The largest absolute Gasteiger partial charge is 0.485 e. The van der Waals surface area contributed by atoms with Crippen LogP contribution in [0.5, 0.6) is 5.75 Å². The van der Waals surface area contributed by atoms with Crippen molar-refractivity contribution in [2.24, 2.45) is 0 Å². The highest BCUT2D eigenvalue weighted by Crippen LogP contribution is 2.28. The van der Waals surface area contributed by atoms with Crippen LogP contribution in [0.3, 0.4) is 0 Å². The molecule has 0 spiro atoms. The maximum atomic E-state index is 12.9. The molecular weight excluding hydrogens is 425 g/mol. The van der Waals surface area contributed by atoms with Crippen molar-refractivity contribution in [1.29, 1.82) is 0 Å². The molecule has 3 rings (SSSR count). The molecule has 0 saturated heterocycles. The van der Waals surface area contributed by atoms with Crippen LogP contribution in [0.4, 0.5) is 0 Å². The number of halogens is 2. The van der Waals surface area contributed by atoms with Crippen molar-refractivity contribution in [2.75, 3.05) is 6.61 Å². The Bertz CT molecular complexity index is 1020. The molecule has 6 nitrogen and oxygen atoms in total. The lowest BCUT2D eigenvalue weighted by Crippen LogP contribution is -2.38. The molecule has 1 aromatic carbocycles. The number of aryl methyl sites for hydroxylation is 1. The summed E-state index contributed by atoms with van der Waals surface area (Å²) in [5.74, 6) is 0.238. The summed E-state index contributed by atoms with van der Waals surface area (Å²) in [6, 6.07) is 8.57. The van der Waals surface area contributed by atoms with E-state index in [2.05, 4.69) is 17.2 Å². The van der Waals surface area contributed by atoms with Crippen LogP contribution in [0.15, 0.2) is 36.5 Å². The fourth-order valence-electron chi connectivity index (χ4n) is 3.28. The predicted molar refractivity (Wildman–Crippen MR) is 119 cm³/mol. The van der Waals surface area contributed by atoms with E-state index in [9.17, 15) is 9.90 Å². The van der Waals surface area contributed by atoms with E-state index in [1.54, 1.807) is 47.9 Å². The Morgan fingerprint density at radius 2 is 2.00 bits per heavy atom. The second-order valence-electron chi connectivity index (χ2n) is 7.10. The smallest absolute Gasteiger partial charge is 0.270 e. The number of aliphatic hydroxyl groups excluding tert-OH is 1. The summed E-state index contributed by atoms with van der Waals surface area (Å²) in [6.07, 6.45) is 4.42. The maximum Gasteiger partial charge on any atom is 0.270 e. The average molecular weight is 450 g/mol. The van der Waals surface area contributed by atoms with E-state index >= 15 is 0 Å². The quantitative estimate of drug-likeness (QED) is 0.491. The van der Waals surface area contributed by atoms with Gasteiger partial charge in [-0.15, -0.1) is 0 Å². The Hall–Kier alpha value is -2.28. The molecule has 1 atom stereocenters. The van der Waals surface area contributed by atoms with E-state index in [0.29, 0.717) is 38.4 Å². The molecule has 160 valence electrons. The van der Waals surface area contributed by atoms with Gasteiger partial charge in [0.2, 0.25) is 0 Å². The third-order valence-corrected chi connectivity index (χ3v) is 5.61. The van der Waals surface area contributed by atoms with E-state index in [1.807, 2.05) is 0 Å². The molecule has 3 aromatic rings. The van der Waals surface area contributed by atoms with E-state index in [0.717, 1.165) is 19.3 Å². The van der Waals surface area contributed by atoms with Crippen LogP contribution < -0.4 is 10.1 Å². The van der Waals surface area contributed by atoms with Gasteiger partial charge in [-0.25, -0.2) is 4.98 Å². The number of carbonyl (C=O) groups excluding carboxylic acids is 1. The highest BCUT2D eigenvalue weighted by Gasteiger charge is 2.21. The lowest BCUT2D eigenvalue weighted by molar-refractivity contribution is 0.0905. The van der Waals surface area contributed by atoms with Crippen molar-refractivity contribution in [3.63, 3.8) is 0 Å². The normalized spacial score (nSPS) is 12.2. The van der Waals surface area contributed by atoms with Gasteiger partial charge in [-0.05, 0) is 37.6 Å². The predicted octanol–water partition coefficient (Wildman–Crippen LogP) is 4.81. The van der Waals surface area contributed by atoms with Gasteiger partial charge in [0.05, 0.1) is 18.3 Å². The second-order valence-corrected chi connectivity index (χ2v) is 7.91. The molecule has 1 amide bonds. The number of aromatic nitrogens is 2. The van der Waals surface area contributed by atoms with Crippen LogP contribution in [0.25, 0.3) is 5.65 Å². The number of nitrogens with zero attached hydrogens (tertiary/aromatic N) is 2. The highest BCUT2D eigenvalue weighted by atomic mass is 35.5. The molecule has 8 heteroatoms. The zero-order chi connectivity index (χ0) is 21.7. The van der Waals surface area contributed by atoms with E-state index in [1.165, 1.54) is 0 Å². The Labute approximate surface area is 185 Å². The minimum absolute atomic E-state index is 0.103. The number of hydrogen-bond acceptors (Lipinski definition) is 4. The summed E-state index contributed by atoms with van der Waals surface area (Å²) in [5.41, 5.74) is 2.20. The number of imidazole rings is 1. The van der Waals surface area contributed by atoms with Crippen molar-refractivity contribution in [2.45, 2.75) is 45.8 Å². The summed E-state index contributed by atoms with van der Waals surface area (Å²) in [7, 11) is 0. The van der Waals surface area contributed by atoms with Crippen molar-refractivity contribution in [3.8, 4) is 5.75 Å². The molecule has 2 N–H and O–H groups in total. The number of hydrogen-bond donors (Lipinski definition) is 2. The zero-order valence-electron chi connectivity index (χ0n) is 17.0. The molecule has 0 fully saturated rings. The summed E-state index contributed by atoms with van der Waals surface area (Å²) >= 11 is 12.4. The van der Waals surface area contributed by atoms with Crippen LogP contribution in [0, 0.1) is 6.92 Å². The molecule has 0 aliphatic heterocycles. The molecule has 2 heterocycles. The van der Waals surface area contributed by atoms with Gasteiger partial charge >= 0.3 is 0 Å². The number of aliphatic hydroxyl groups is 1. The van der Waals surface area contributed by atoms with Crippen LogP contribution in [0.2, 0.25) is 10.0 Å². The number of benzene rings is 1. The van der Waals surface area contributed by atoms with Crippen LogP contribution in [0.1, 0.15) is 47.9 Å². The van der Waals surface area contributed by atoms with E-state index in [-0.39, 0.29) is 25.2 Å². The lowest BCUT2D eigenvalue weighted by atomic mass is 10.1. The summed E-state index contributed by atoms with van der Waals surface area (Å²) in [5, 5.41) is 13.5. The first-order valence-electron chi connectivity index (χ1n) is 9.91. The van der Waals surface area contributed by atoms with Gasteiger partial charge < -0.3 is 15.2 Å². The molecule has 0 aliphatic carbocycles. The molecule has 0 saturated carbocycles. The van der Waals surface area contributed by atoms with Gasteiger partial charge in [-0.1, -0.05) is 49.0 Å². The SMILES string of the molecule is CCCC[C@H](CO)NC(=O)c1c(C)nc2c(OCc3c(Cl)cccc3Cl)cccn12. The Morgan fingerprint density at radius 1 is 1.27 bits per heavy atom. The first-order valence-corrected chi connectivity index (χ1v) is 10.7. The minimum Gasteiger partial charge on any atom is -0.485 e. The Balaban J connectivity index is 1.85. The monoisotopic (exact) mass is 449 g/mol. The van der Waals surface area contributed by atoms with Gasteiger partial charge in [-0.2, -0.15) is 0 Å². The number of pyridine rings is 1. The third-order valence-electron chi connectivity index (χ3n) is 4.90. The molecular formula is C22H25Cl2N3O3. The molecule has 2 aromatic heterocycles. The number of fused-ring (bicyclic) bond motifs is 1. The fraction of sp³-hybridized carbons (Fsp3) is 0.364. The van der Waals surface area contributed by atoms with E-state index in [4.69, 9.17) is 27.9 Å². The van der Waals surface area contributed by atoms with Crippen molar-refractivity contribution < 1.29 is 14.6 Å². The summed E-state index contributed by atoms with van der Waals surface area (Å²) in [6.45, 7) is 3.92. The van der Waals surface area contributed by atoms with Gasteiger partial charge in [-0.3, -0.25) is 9.20 Å². The Morgan fingerprint density at radius 3 is 2.67 bits per heavy atom. The Kier molecular flexibility index (Phi) is 7.58. The number of rotatable bonds is 9. The van der Waals surface area contributed by atoms with Gasteiger partial charge in [0.15, 0.2) is 11.4 Å². The number of carbonyl (C=O) groups is 1. The van der Waals surface area contributed by atoms with Gasteiger partial charge in [0, 0.05) is 21.8 Å². The van der Waals surface area contributed by atoms with Crippen LogP contribution in [-0.4, -0.2) is 33.0 Å². The average Bonchev–Trinajstić information content (AvgIpc) is 3.07. The van der Waals surface area contributed by atoms with E-state index < -0.39 is 0 Å². The molecule has 0 radical (unpaired) electrons. The molecule has 0 aliphatic rings. The topological polar surface area (TPSA) is 75.9 Å². The molecule has 0 bridgehead atoms. The molecule has 30 heavy (non-hydrogen) atoms. The standard InChI is InChI=1S/C22H25Cl2N3O3/c1-3-4-7-15(12-28)26-22(29)20-14(2)25-21-19(10-6-11-27(20)21)30-13-16-17(23)8-5-9-18(16)24/h5-6,8-11,15,28H,3-4,7,12-13H2,1-2H3,(H,26,29)/t15-/m1/s1. The van der Waals surface area contributed by atoms with Crippen LogP contribution >= 0.6 is 23.2 Å². The van der Waals surface area contributed by atoms with Crippen molar-refractivity contribution >= 4 is 34.8 Å². The zero-order valence-corrected chi connectivity index (χ0v) is 18.5. The van der Waals surface area contributed by atoms with Gasteiger partial charge in [0.25, 0.3) is 5.91 Å². The minimum atomic E-state index is -0.288. The highest BCUT2D eigenvalue weighted by molar-refractivity contribution is 6.35. The third kappa shape index (κ3) is 4.89. The first kappa shape index (κ1) is 22.4. The van der Waals surface area contributed by atoms with Crippen molar-refractivity contribution in [1.82, 2.24) is 14.7 Å². The molecule has 0 unspecified atom stereocenters. The van der Waals surface area contributed by atoms with Gasteiger partial charge in [0.1, 0.15) is 12.3 Å². The summed E-state index contributed by atoms with van der Waals surface area (Å²) < 4.78 is 7.64. The number of ether oxygens (including phenoxy) is 1. The number of amides is 1. The lowest BCUT2D eigenvalue weighted by Gasteiger charge is -2.16. The maximum absolute atomic E-state index is 12.9. The first-order chi connectivity index (χ1) is 14.5. The number of nitrogens with one attached hydrogen (secondary N) is 1. The second kappa shape index (κ2) is 10.2. The fourth-order valence-corrected chi connectivity index (χ4v) is 3.78. The number of unbranched alkanes of at least 4 members (excludes halogenated alkanes) is 1. The van der Waals surface area contributed by atoms with Crippen LogP contribution in [-0.2, 0) is 6.61 Å². The summed E-state index contributed by atoms with van der Waals surface area (Å²) in [4.78, 5) is 17.4.